The number of aromatic carboxylic acids is 1. The Kier molecular flexibility index (Phi) is 4.45. The van der Waals surface area contributed by atoms with Crippen molar-refractivity contribution in [3.8, 4) is 0 Å². The van der Waals surface area contributed by atoms with E-state index in [-0.39, 0.29) is 5.56 Å². The predicted octanol–water partition coefficient (Wildman–Crippen LogP) is 1.74. The van der Waals surface area contributed by atoms with Crippen molar-refractivity contribution >= 4 is 11.8 Å². The summed E-state index contributed by atoms with van der Waals surface area (Å²) < 4.78 is 0. The fourth-order valence-electron chi connectivity index (χ4n) is 1.53. The van der Waals surface area contributed by atoms with Gasteiger partial charge in [-0.05, 0) is 25.5 Å². The molecule has 0 fully saturated rings. The van der Waals surface area contributed by atoms with Crippen LogP contribution in [0.15, 0.2) is 18.3 Å². The van der Waals surface area contributed by atoms with Gasteiger partial charge in [0.1, 0.15) is 5.82 Å². The lowest BCUT2D eigenvalue weighted by molar-refractivity contribution is 0.0634. The standard InChI is InChI=1S/C12H18N2O3/c1-3-6-12(2,17)8-14-10-5-4-9(7-13-10)11(15)16/h4-5,7,17H,3,6,8H2,1-2H3,(H,13,14)(H,15,16). The third-order valence-corrected chi connectivity index (χ3v) is 2.45. The van der Waals surface area contributed by atoms with E-state index in [1.807, 2.05) is 6.92 Å². The minimum atomic E-state index is -0.998. The number of hydrogen-bond donors (Lipinski definition) is 3. The van der Waals surface area contributed by atoms with E-state index in [0.717, 1.165) is 6.42 Å². The van der Waals surface area contributed by atoms with Gasteiger partial charge in [-0.25, -0.2) is 9.78 Å². The van der Waals surface area contributed by atoms with Gasteiger partial charge in [-0.1, -0.05) is 13.3 Å². The Morgan fingerprint density at radius 1 is 1.53 bits per heavy atom. The maximum Gasteiger partial charge on any atom is 0.337 e. The quantitative estimate of drug-likeness (QED) is 0.703. The highest BCUT2D eigenvalue weighted by Gasteiger charge is 2.18. The molecule has 94 valence electrons. The van der Waals surface area contributed by atoms with Crippen molar-refractivity contribution < 1.29 is 15.0 Å². The van der Waals surface area contributed by atoms with Crippen LogP contribution in [0, 0.1) is 0 Å². The number of anilines is 1. The van der Waals surface area contributed by atoms with Crippen LogP contribution in [0.4, 0.5) is 5.82 Å². The largest absolute Gasteiger partial charge is 0.478 e. The summed E-state index contributed by atoms with van der Waals surface area (Å²) in [5.74, 6) is -0.437. The van der Waals surface area contributed by atoms with Crippen LogP contribution in [0.1, 0.15) is 37.0 Å². The van der Waals surface area contributed by atoms with Gasteiger partial charge < -0.3 is 15.5 Å². The lowest BCUT2D eigenvalue weighted by Gasteiger charge is -2.23. The van der Waals surface area contributed by atoms with E-state index in [1.165, 1.54) is 12.3 Å². The second-order valence-corrected chi connectivity index (χ2v) is 4.34. The van der Waals surface area contributed by atoms with E-state index >= 15 is 0 Å². The second kappa shape index (κ2) is 5.63. The fraction of sp³-hybridized carbons (Fsp3) is 0.500. The zero-order valence-electron chi connectivity index (χ0n) is 10.1. The van der Waals surface area contributed by atoms with Gasteiger partial charge in [-0.15, -0.1) is 0 Å². The first-order chi connectivity index (χ1) is 7.94. The van der Waals surface area contributed by atoms with E-state index in [1.54, 1.807) is 13.0 Å². The number of carboxylic acids is 1. The maximum atomic E-state index is 10.6. The molecule has 0 aliphatic carbocycles. The Morgan fingerprint density at radius 2 is 2.24 bits per heavy atom. The van der Waals surface area contributed by atoms with Gasteiger partial charge >= 0.3 is 5.97 Å². The molecule has 1 aromatic heterocycles. The van der Waals surface area contributed by atoms with Gasteiger partial charge in [0.25, 0.3) is 0 Å². The average Bonchev–Trinajstić information content (AvgIpc) is 2.27. The third-order valence-electron chi connectivity index (χ3n) is 2.45. The number of pyridine rings is 1. The number of nitrogens with zero attached hydrogens (tertiary/aromatic N) is 1. The number of carboxylic acid groups (broad SMARTS) is 1. The molecule has 0 aliphatic heterocycles. The summed E-state index contributed by atoms with van der Waals surface area (Å²) in [6, 6.07) is 3.07. The number of carbonyl (C=O) groups is 1. The van der Waals surface area contributed by atoms with Gasteiger partial charge in [-0.2, -0.15) is 0 Å². The third kappa shape index (κ3) is 4.40. The highest BCUT2D eigenvalue weighted by atomic mass is 16.4. The minimum absolute atomic E-state index is 0.149. The minimum Gasteiger partial charge on any atom is -0.478 e. The molecule has 0 aliphatic rings. The molecule has 1 atom stereocenters. The Morgan fingerprint density at radius 3 is 2.71 bits per heavy atom. The van der Waals surface area contributed by atoms with Crippen LogP contribution in [-0.4, -0.2) is 33.3 Å². The summed E-state index contributed by atoms with van der Waals surface area (Å²) in [5.41, 5.74) is -0.627. The molecule has 1 unspecified atom stereocenters. The Hall–Kier alpha value is -1.62. The topological polar surface area (TPSA) is 82.5 Å². The van der Waals surface area contributed by atoms with Crippen LogP contribution in [0.25, 0.3) is 0 Å². The molecule has 1 aromatic rings. The van der Waals surface area contributed by atoms with Crippen LogP contribution in [0.2, 0.25) is 0 Å². The molecule has 1 heterocycles. The molecule has 0 saturated heterocycles. The molecular formula is C12H18N2O3. The lowest BCUT2D eigenvalue weighted by atomic mass is 10.0. The Bertz CT molecular complexity index is 374. The molecule has 0 bridgehead atoms. The summed E-state index contributed by atoms with van der Waals surface area (Å²) in [7, 11) is 0. The van der Waals surface area contributed by atoms with Crippen molar-refractivity contribution in [3.63, 3.8) is 0 Å². The number of rotatable bonds is 6. The van der Waals surface area contributed by atoms with Gasteiger partial charge in [0.15, 0.2) is 0 Å². The smallest absolute Gasteiger partial charge is 0.337 e. The Labute approximate surface area is 101 Å². The molecule has 0 radical (unpaired) electrons. The van der Waals surface area contributed by atoms with Gasteiger partial charge in [0, 0.05) is 12.7 Å². The zero-order valence-corrected chi connectivity index (χ0v) is 10.1. The van der Waals surface area contributed by atoms with Crippen molar-refractivity contribution in [2.24, 2.45) is 0 Å². The SMILES string of the molecule is CCCC(C)(O)CNc1ccc(C(=O)O)cn1. The van der Waals surface area contributed by atoms with Crippen LogP contribution in [0.5, 0.6) is 0 Å². The summed E-state index contributed by atoms with van der Waals surface area (Å²) in [6.07, 6.45) is 2.90. The summed E-state index contributed by atoms with van der Waals surface area (Å²) in [5, 5.41) is 21.6. The molecule has 5 nitrogen and oxygen atoms in total. The number of nitrogens with one attached hydrogen (secondary N) is 1. The summed E-state index contributed by atoms with van der Waals surface area (Å²) >= 11 is 0. The fourth-order valence-corrected chi connectivity index (χ4v) is 1.53. The lowest BCUT2D eigenvalue weighted by Crippen LogP contribution is -2.33. The monoisotopic (exact) mass is 238 g/mol. The first-order valence-electron chi connectivity index (χ1n) is 5.60. The van der Waals surface area contributed by atoms with Crippen molar-refractivity contribution in [1.29, 1.82) is 0 Å². The molecule has 3 N–H and O–H groups in total. The normalized spacial score (nSPS) is 14.1. The summed E-state index contributed by atoms with van der Waals surface area (Å²) in [4.78, 5) is 14.6. The van der Waals surface area contributed by atoms with Crippen molar-refractivity contribution in [2.45, 2.75) is 32.3 Å². The van der Waals surface area contributed by atoms with E-state index in [2.05, 4.69) is 10.3 Å². The second-order valence-electron chi connectivity index (χ2n) is 4.34. The Balaban J connectivity index is 2.55. The predicted molar refractivity (Wildman–Crippen MR) is 65.2 cm³/mol. The van der Waals surface area contributed by atoms with E-state index in [0.29, 0.717) is 18.8 Å². The number of aromatic nitrogens is 1. The molecule has 0 amide bonds. The molecule has 0 spiro atoms. The van der Waals surface area contributed by atoms with Crippen LogP contribution >= 0.6 is 0 Å². The van der Waals surface area contributed by atoms with Gasteiger partial charge in [0.2, 0.25) is 0 Å². The first-order valence-corrected chi connectivity index (χ1v) is 5.60. The zero-order chi connectivity index (χ0) is 12.9. The number of aliphatic hydroxyl groups is 1. The van der Waals surface area contributed by atoms with Gasteiger partial charge in [0.05, 0.1) is 11.2 Å². The van der Waals surface area contributed by atoms with E-state index in [9.17, 15) is 9.90 Å². The van der Waals surface area contributed by atoms with Gasteiger partial charge in [-0.3, -0.25) is 0 Å². The number of hydrogen-bond acceptors (Lipinski definition) is 4. The van der Waals surface area contributed by atoms with E-state index in [4.69, 9.17) is 5.11 Å². The highest BCUT2D eigenvalue weighted by molar-refractivity contribution is 5.87. The first kappa shape index (κ1) is 13.4. The van der Waals surface area contributed by atoms with Crippen LogP contribution < -0.4 is 5.32 Å². The highest BCUT2D eigenvalue weighted by Crippen LogP contribution is 2.13. The maximum absolute atomic E-state index is 10.6. The molecule has 0 aromatic carbocycles. The van der Waals surface area contributed by atoms with Crippen molar-refractivity contribution in [1.82, 2.24) is 4.98 Å². The molecule has 0 saturated carbocycles. The van der Waals surface area contributed by atoms with E-state index < -0.39 is 11.6 Å². The van der Waals surface area contributed by atoms with Crippen molar-refractivity contribution in [3.05, 3.63) is 23.9 Å². The van der Waals surface area contributed by atoms with Crippen LogP contribution in [0.3, 0.4) is 0 Å². The van der Waals surface area contributed by atoms with Crippen molar-refractivity contribution in [2.75, 3.05) is 11.9 Å². The van der Waals surface area contributed by atoms with Crippen LogP contribution in [-0.2, 0) is 0 Å². The molecular weight excluding hydrogens is 220 g/mol. The average molecular weight is 238 g/mol. The molecule has 5 heteroatoms. The molecule has 1 rings (SSSR count). The summed E-state index contributed by atoms with van der Waals surface area (Å²) in [6.45, 7) is 4.16. The molecule has 17 heavy (non-hydrogen) atoms.